The maximum absolute atomic E-state index is 13.1. The maximum atomic E-state index is 13.1. The summed E-state index contributed by atoms with van der Waals surface area (Å²) in [5.74, 6) is 0.782. The third-order valence-electron chi connectivity index (χ3n) is 6.39. The van der Waals surface area contributed by atoms with Gasteiger partial charge in [0.2, 0.25) is 5.91 Å². The van der Waals surface area contributed by atoms with E-state index in [1.165, 1.54) is 0 Å². The molecular formula is C29H33N3O4. The van der Waals surface area contributed by atoms with E-state index in [-0.39, 0.29) is 11.9 Å². The van der Waals surface area contributed by atoms with E-state index in [9.17, 15) is 9.59 Å². The molecule has 1 amide bonds. The molecular weight excluding hydrogens is 454 g/mol. The number of ether oxygens (including phenoxy) is 1. The number of amides is 1. The summed E-state index contributed by atoms with van der Waals surface area (Å²) in [7, 11) is 0. The molecule has 1 atom stereocenters. The second kappa shape index (κ2) is 12.3. The van der Waals surface area contributed by atoms with Gasteiger partial charge in [0.15, 0.2) is 0 Å². The molecule has 1 aliphatic heterocycles. The molecule has 36 heavy (non-hydrogen) atoms. The monoisotopic (exact) mass is 487 g/mol. The fraction of sp³-hybridized carbons (Fsp3) is 0.310. The van der Waals surface area contributed by atoms with Crippen LogP contribution in [0.15, 0.2) is 78.9 Å². The van der Waals surface area contributed by atoms with Crippen LogP contribution in [0.25, 0.3) is 0 Å². The summed E-state index contributed by atoms with van der Waals surface area (Å²) < 4.78 is 5.84. The molecule has 1 heterocycles. The number of carboxylic acid groups (broad SMARTS) is 1. The number of benzene rings is 3. The number of nitrogens with one attached hydrogen (secondary N) is 1. The van der Waals surface area contributed by atoms with Gasteiger partial charge in [-0.3, -0.25) is 9.69 Å². The number of carbonyl (C=O) groups excluding carboxylic acids is 1. The third kappa shape index (κ3) is 7.16. The summed E-state index contributed by atoms with van der Waals surface area (Å²) in [4.78, 5) is 28.4. The van der Waals surface area contributed by atoms with Gasteiger partial charge in [-0.15, -0.1) is 0 Å². The summed E-state index contributed by atoms with van der Waals surface area (Å²) in [5.41, 5.74) is 2.46. The van der Waals surface area contributed by atoms with Crippen molar-refractivity contribution in [3.05, 3.63) is 95.6 Å². The first-order valence-electron chi connectivity index (χ1n) is 12.4. The summed E-state index contributed by atoms with van der Waals surface area (Å²) in [6.45, 7) is 6.40. The number of hydrogen-bond acceptors (Lipinski definition) is 5. The standard InChI is InChI=1S/C29H33N3O4/c1-22(30-20-23-10-14-27(15-11-23)36-26-6-3-2-4-7-26)28(33)32-17-5-16-31(18-19-32)21-24-8-12-25(13-9-24)29(34)35/h2-4,6-15,22,30H,5,16-21H2,1H3,(H,34,35)/t22-/m1/s1. The SMILES string of the molecule is C[C@@H](NCc1ccc(Oc2ccccc2)cc1)C(=O)N1CCCN(Cc2ccc(C(=O)O)cc2)CC1. The minimum absolute atomic E-state index is 0.117. The zero-order valence-corrected chi connectivity index (χ0v) is 20.6. The smallest absolute Gasteiger partial charge is 0.335 e. The molecule has 0 spiro atoms. The second-order valence-electron chi connectivity index (χ2n) is 9.12. The Morgan fingerprint density at radius 2 is 1.53 bits per heavy atom. The van der Waals surface area contributed by atoms with Gasteiger partial charge >= 0.3 is 5.97 Å². The number of hydrogen-bond donors (Lipinski definition) is 2. The van der Waals surface area contributed by atoms with Gasteiger partial charge in [0.05, 0.1) is 11.6 Å². The van der Waals surface area contributed by atoms with E-state index < -0.39 is 5.97 Å². The van der Waals surface area contributed by atoms with Crippen LogP contribution in [-0.2, 0) is 17.9 Å². The lowest BCUT2D eigenvalue weighted by Crippen LogP contribution is -2.46. The van der Waals surface area contributed by atoms with Crippen molar-refractivity contribution in [1.29, 1.82) is 0 Å². The van der Waals surface area contributed by atoms with Gasteiger partial charge in [-0.2, -0.15) is 0 Å². The van der Waals surface area contributed by atoms with E-state index in [2.05, 4.69) is 10.2 Å². The lowest BCUT2D eigenvalue weighted by atomic mass is 10.1. The molecule has 3 aromatic rings. The average Bonchev–Trinajstić information content (AvgIpc) is 3.14. The molecule has 1 aliphatic rings. The molecule has 0 bridgehead atoms. The van der Waals surface area contributed by atoms with Crippen LogP contribution in [0, 0.1) is 0 Å². The van der Waals surface area contributed by atoms with Crippen molar-refractivity contribution in [2.45, 2.75) is 32.5 Å². The lowest BCUT2D eigenvalue weighted by Gasteiger charge is -2.25. The van der Waals surface area contributed by atoms with E-state index in [1.807, 2.05) is 78.6 Å². The fourth-order valence-electron chi connectivity index (χ4n) is 4.29. The van der Waals surface area contributed by atoms with Crippen LogP contribution >= 0.6 is 0 Å². The van der Waals surface area contributed by atoms with Crippen molar-refractivity contribution >= 4 is 11.9 Å². The quantitative estimate of drug-likeness (QED) is 0.466. The molecule has 188 valence electrons. The number of nitrogens with zero attached hydrogens (tertiary/aromatic N) is 2. The van der Waals surface area contributed by atoms with Crippen LogP contribution < -0.4 is 10.1 Å². The first-order chi connectivity index (χ1) is 17.5. The van der Waals surface area contributed by atoms with Gasteiger partial charge in [-0.05, 0) is 60.9 Å². The highest BCUT2D eigenvalue weighted by Crippen LogP contribution is 2.21. The fourth-order valence-corrected chi connectivity index (χ4v) is 4.29. The number of aromatic carboxylic acids is 1. The first-order valence-corrected chi connectivity index (χ1v) is 12.4. The highest BCUT2D eigenvalue weighted by molar-refractivity contribution is 5.87. The van der Waals surface area contributed by atoms with Gasteiger partial charge in [0.25, 0.3) is 0 Å². The van der Waals surface area contributed by atoms with Crippen LogP contribution in [0.2, 0.25) is 0 Å². The summed E-state index contributed by atoms with van der Waals surface area (Å²) in [6.07, 6.45) is 0.911. The predicted octanol–water partition coefficient (Wildman–Crippen LogP) is 4.39. The summed E-state index contributed by atoms with van der Waals surface area (Å²) >= 11 is 0. The Bertz CT molecular complexity index is 1130. The van der Waals surface area contributed by atoms with Crippen molar-refractivity contribution in [3.8, 4) is 11.5 Å². The van der Waals surface area contributed by atoms with Crippen molar-refractivity contribution in [1.82, 2.24) is 15.1 Å². The minimum Gasteiger partial charge on any atom is -0.478 e. The van der Waals surface area contributed by atoms with E-state index in [0.29, 0.717) is 18.7 Å². The van der Waals surface area contributed by atoms with Gasteiger partial charge in [-0.25, -0.2) is 4.79 Å². The Kier molecular flexibility index (Phi) is 8.71. The Morgan fingerprint density at radius 3 is 2.22 bits per heavy atom. The normalized spacial score (nSPS) is 15.2. The zero-order chi connectivity index (χ0) is 25.3. The van der Waals surface area contributed by atoms with Gasteiger partial charge in [0.1, 0.15) is 11.5 Å². The van der Waals surface area contributed by atoms with Gasteiger partial charge < -0.3 is 20.1 Å². The summed E-state index contributed by atoms with van der Waals surface area (Å²) in [6, 6.07) is 24.3. The molecule has 0 radical (unpaired) electrons. The maximum Gasteiger partial charge on any atom is 0.335 e. The minimum atomic E-state index is -0.915. The van der Waals surface area contributed by atoms with Crippen LogP contribution in [0.5, 0.6) is 11.5 Å². The zero-order valence-electron chi connectivity index (χ0n) is 20.6. The third-order valence-corrected chi connectivity index (χ3v) is 6.39. The van der Waals surface area contributed by atoms with Crippen molar-refractivity contribution in [3.63, 3.8) is 0 Å². The van der Waals surface area contributed by atoms with Crippen LogP contribution in [0.1, 0.15) is 34.8 Å². The van der Waals surface area contributed by atoms with Gasteiger partial charge in [0, 0.05) is 39.3 Å². The van der Waals surface area contributed by atoms with E-state index in [4.69, 9.17) is 9.84 Å². The highest BCUT2D eigenvalue weighted by Gasteiger charge is 2.23. The molecule has 1 fully saturated rings. The lowest BCUT2D eigenvalue weighted by molar-refractivity contribution is -0.132. The second-order valence-corrected chi connectivity index (χ2v) is 9.12. The largest absolute Gasteiger partial charge is 0.478 e. The molecule has 0 aliphatic carbocycles. The molecule has 7 nitrogen and oxygen atoms in total. The first kappa shape index (κ1) is 25.4. The summed E-state index contributed by atoms with van der Waals surface area (Å²) in [5, 5.41) is 12.4. The Balaban J connectivity index is 1.22. The number of rotatable bonds is 9. The van der Waals surface area contributed by atoms with Crippen LogP contribution in [-0.4, -0.2) is 59.0 Å². The molecule has 2 N–H and O–H groups in total. The Labute approximate surface area is 212 Å². The van der Waals surface area contributed by atoms with E-state index >= 15 is 0 Å². The molecule has 0 aromatic heterocycles. The van der Waals surface area contributed by atoms with Crippen molar-refractivity contribution in [2.24, 2.45) is 0 Å². The number of carboxylic acids is 1. The van der Waals surface area contributed by atoms with Crippen LogP contribution in [0.4, 0.5) is 0 Å². The molecule has 1 saturated heterocycles. The van der Waals surface area contributed by atoms with E-state index in [1.54, 1.807) is 12.1 Å². The van der Waals surface area contributed by atoms with Crippen molar-refractivity contribution in [2.75, 3.05) is 26.2 Å². The Hall–Kier alpha value is -3.68. The molecule has 4 rings (SSSR count). The number of para-hydroxylation sites is 1. The van der Waals surface area contributed by atoms with E-state index in [0.717, 1.165) is 55.2 Å². The molecule has 3 aromatic carbocycles. The predicted molar refractivity (Wildman–Crippen MR) is 139 cm³/mol. The highest BCUT2D eigenvalue weighted by atomic mass is 16.5. The molecule has 0 saturated carbocycles. The van der Waals surface area contributed by atoms with Crippen LogP contribution in [0.3, 0.4) is 0 Å². The molecule has 0 unspecified atom stereocenters. The average molecular weight is 488 g/mol. The van der Waals surface area contributed by atoms with Crippen molar-refractivity contribution < 1.29 is 19.4 Å². The topological polar surface area (TPSA) is 82.1 Å². The van der Waals surface area contributed by atoms with Gasteiger partial charge in [-0.1, -0.05) is 42.5 Å². The Morgan fingerprint density at radius 1 is 0.861 bits per heavy atom. The number of carbonyl (C=O) groups is 2. The molecule has 7 heteroatoms.